The summed E-state index contributed by atoms with van der Waals surface area (Å²) in [6.45, 7) is 5.17. The Labute approximate surface area is 54.2 Å². The van der Waals surface area contributed by atoms with Gasteiger partial charge in [-0.1, -0.05) is 12.7 Å². The first-order chi connectivity index (χ1) is 4.43. The molecule has 1 aromatic rings. The Morgan fingerprint density at radius 2 is 2.56 bits per heavy atom. The summed E-state index contributed by atoms with van der Waals surface area (Å²) in [5.41, 5.74) is 0.903. The largest absolute Gasteiger partial charge is 0.159 e. The molecule has 45 valence electrons. The summed E-state index contributed by atoms with van der Waals surface area (Å²) in [5, 5.41) is 7.48. The Balaban J connectivity index is 2.72. The summed E-state index contributed by atoms with van der Waals surface area (Å²) in [5.74, 6) is 0. The van der Waals surface area contributed by atoms with Gasteiger partial charge < -0.3 is 0 Å². The van der Waals surface area contributed by atoms with E-state index < -0.39 is 0 Å². The molecule has 0 saturated carbocycles. The zero-order valence-electron chi connectivity index (χ0n) is 4.99. The van der Waals surface area contributed by atoms with Gasteiger partial charge in [0.2, 0.25) is 0 Å². The molecular weight excluding hydrogens is 112 g/mol. The zero-order valence-corrected chi connectivity index (χ0v) is 4.99. The van der Waals surface area contributed by atoms with Crippen LogP contribution in [0, 0.1) is 6.58 Å². The molecule has 0 N–H and O–H groups in total. The van der Waals surface area contributed by atoms with Gasteiger partial charge in [0.1, 0.15) is 0 Å². The third-order valence-corrected chi connectivity index (χ3v) is 0.955. The number of aromatic nitrogens is 2. The molecular formula is C7H7N2. The maximum absolute atomic E-state index is 5.17. The monoisotopic (exact) mass is 119 g/mol. The molecule has 1 aromatic heterocycles. The highest BCUT2D eigenvalue weighted by atomic mass is 15.1. The minimum absolute atomic E-state index is 0.688. The predicted molar refractivity (Wildman–Crippen MR) is 34.6 cm³/mol. The van der Waals surface area contributed by atoms with Crippen LogP contribution < -0.4 is 0 Å². The molecule has 0 aliphatic rings. The molecule has 9 heavy (non-hydrogen) atoms. The molecule has 0 unspecified atom stereocenters. The minimum atomic E-state index is 0.688. The smallest absolute Gasteiger partial charge is 0.0668 e. The van der Waals surface area contributed by atoms with E-state index in [4.69, 9.17) is 6.58 Å². The molecule has 2 nitrogen and oxygen atoms in total. The number of nitrogens with zero attached hydrogens (tertiary/aromatic N) is 2. The lowest BCUT2D eigenvalue weighted by Crippen LogP contribution is -1.87. The van der Waals surface area contributed by atoms with E-state index in [1.165, 1.54) is 0 Å². The van der Waals surface area contributed by atoms with E-state index in [-0.39, 0.29) is 0 Å². The fraction of sp³-hybridized carbons (Fsp3) is 0.143. The van der Waals surface area contributed by atoms with Crippen LogP contribution in [0.4, 0.5) is 0 Å². The molecule has 1 radical (unpaired) electrons. The summed E-state index contributed by atoms with van der Waals surface area (Å²) < 4.78 is 0. The van der Waals surface area contributed by atoms with E-state index in [1.807, 2.05) is 12.1 Å². The molecule has 2 heteroatoms. The van der Waals surface area contributed by atoms with Gasteiger partial charge in [-0.05, 0) is 12.1 Å². The van der Waals surface area contributed by atoms with Crippen molar-refractivity contribution in [1.82, 2.24) is 10.2 Å². The number of allylic oxidation sites excluding steroid dienone is 1. The van der Waals surface area contributed by atoms with Crippen molar-refractivity contribution < 1.29 is 0 Å². The van der Waals surface area contributed by atoms with Crippen LogP contribution in [0.5, 0.6) is 0 Å². The van der Waals surface area contributed by atoms with Crippen LogP contribution in [-0.4, -0.2) is 10.2 Å². The van der Waals surface area contributed by atoms with Gasteiger partial charge in [0.15, 0.2) is 0 Å². The van der Waals surface area contributed by atoms with E-state index in [9.17, 15) is 0 Å². The fourth-order valence-electron chi connectivity index (χ4n) is 0.563. The highest BCUT2D eigenvalue weighted by molar-refractivity contribution is 5.02. The van der Waals surface area contributed by atoms with E-state index in [1.54, 1.807) is 12.3 Å². The van der Waals surface area contributed by atoms with Gasteiger partial charge >= 0.3 is 0 Å². The second kappa shape index (κ2) is 2.97. The van der Waals surface area contributed by atoms with Gasteiger partial charge in [0.25, 0.3) is 0 Å². The lowest BCUT2D eigenvalue weighted by Gasteiger charge is -1.88. The zero-order chi connectivity index (χ0) is 6.53. The molecule has 0 aliphatic heterocycles. The van der Waals surface area contributed by atoms with E-state index >= 15 is 0 Å². The minimum Gasteiger partial charge on any atom is -0.159 e. The second-order valence-electron chi connectivity index (χ2n) is 1.65. The topological polar surface area (TPSA) is 25.8 Å². The predicted octanol–water partition coefficient (Wildman–Crippen LogP) is 1.01. The third kappa shape index (κ3) is 1.64. The van der Waals surface area contributed by atoms with Crippen LogP contribution in [-0.2, 0) is 6.42 Å². The fourth-order valence-corrected chi connectivity index (χ4v) is 0.563. The van der Waals surface area contributed by atoms with Crippen LogP contribution >= 0.6 is 0 Å². The van der Waals surface area contributed by atoms with Crippen molar-refractivity contribution in [2.75, 3.05) is 0 Å². The number of hydrogen-bond donors (Lipinski definition) is 0. The molecule has 0 fully saturated rings. The van der Waals surface area contributed by atoms with Crippen molar-refractivity contribution in [3.8, 4) is 0 Å². The Bertz CT molecular complexity index is 181. The van der Waals surface area contributed by atoms with E-state index in [2.05, 4.69) is 10.2 Å². The van der Waals surface area contributed by atoms with Crippen LogP contribution in [0.1, 0.15) is 5.69 Å². The average molecular weight is 119 g/mol. The maximum Gasteiger partial charge on any atom is 0.0668 e. The average Bonchev–Trinajstić information content (AvgIpc) is 1.91. The molecule has 0 atom stereocenters. The van der Waals surface area contributed by atoms with Crippen LogP contribution in [0.3, 0.4) is 0 Å². The summed E-state index contributed by atoms with van der Waals surface area (Å²) >= 11 is 0. The van der Waals surface area contributed by atoms with Crippen LogP contribution in [0.15, 0.2) is 24.4 Å². The van der Waals surface area contributed by atoms with E-state index in [0.29, 0.717) is 6.42 Å². The van der Waals surface area contributed by atoms with Crippen molar-refractivity contribution in [3.63, 3.8) is 0 Å². The number of rotatable bonds is 2. The Morgan fingerprint density at radius 1 is 1.67 bits per heavy atom. The molecule has 0 bridgehead atoms. The van der Waals surface area contributed by atoms with Gasteiger partial charge in [0, 0.05) is 12.6 Å². The number of hydrogen-bond acceptors (Lipinski definition) is 2. The van der Waals surface area contributed by atoms with Crippen molar-refractivity contribution in [1.29, 1.82) is 0 Å². The van der Waals surface area contributed by atoms with Gasteiger partial charge in [0.05, 0.1) is 5.69 Å². The highest BCUT2D eigenvalue weighted by Crippen LogP contribution is 1.90. The van der Waals surface area contributed by atoms with Gasteiger partial charge in [-0.25, -0.2) is 0 Å². The van der Waals surface area contributed by atoms with E-state index in [0.717, 1.165) is 5.69 Å². The summed E-state index contributed by atoms with van der Waals surface area (Å²) in [7, 11) is 0. The molecule has 0 aliphatic carbocycles. The lowest BCUT2D eigenvalue weighted by atomic mass is 10.3. The van der Waals surface area contributed by atoms with Gasteiger partial charge in [-0.15, -0.1) is 0 Å². The highest BCUT2D eigenvalue weighted by Gasteiger charge is 1.85. The quantitative estimate of drug-likeness (QED) is 0.580. The third-order valence-electron chi connectivity index (χ3n) is 0.955. The Morgan fingerprint density at radius 3 is 3.11 bits per heavy atom. The normalized spacial score (nSPS) is 8.89. The van der Waals surface area contributed by atoms with Gasteiger partial charge in [-0.2, -0.15) is 10.2 Å². The summed E-state index contributed by atoms with van der Waals surface area (Å²) in [6.07, 6.45) is 3.89. The summed E-state index contributed by atoms with van der Waals surface area (Å²) in [6, 6.07) is 3.72. The van der Waals surface area contributed by atoms with Crippen molar-refractivity contribution >= 4 is 0 Å². The molecule has 0 saturated heterocycles. The molecule has 0 amide bonds. The first-order valence-corrected chi connectivity index (χ1v) is 2.73. The van der Waals surface area contributed by atoms with Crippen molar-refractivity contribution in [2.24, 2.45) is 0 Å². The first-order valence-electron chi connectivity index (χ1n) is 2.73. The maximum atomic E-state index is 5.17. The van der Waals surface area contributed by atoms with Crippen molar-refractivity contribution in [2.45, 2.75) is 6.42 Å². The SMILES string of the molecule is [CH]=CCc1cccnn1. The molecule has 1 heterocycles. The van der Waals surface area contributed by atoms with Crippen LogP contribution in [0.25, 0.3) is 0 Å². The Kier molecular flexibility index (Phi) is 1.96. The van der Waals surface area contributed by atoms with Crippen LogP contribution in [0.2, 0.25) is 0 Å². The van der Waals surface area contributed by atoms with Crippen molar-refractivity contribution in [3.05, 3.63) is 36.7 Å². The second-order valence-corrected chi connectivity index (χ2v) is 1.65. The standard InChI is InChI=1S/C7H7N2/c1-2-4-7-5-3-6-8-9-7/h1-3,5-6H,4H2. The van der Waals surface area contributed by atoms with Gasteiger partial charge in [-0.3, -0.25) is 0 Å². The first kappa shape index (κ1) is 5.95. The molecule has 1 rings (SSSR count). The molecule has 0 aromatic carbocycles. The molecule has 0 spiro atoms. The lowest BCUT2D eigenvalue weighted by molar-refractivity contribution is 0.949. The Hall–Kier alpha value is -1.18. The summed E-state index contributed by atoms with van der Waals surface area (Å²) in [4.78, 5) is 0.